The SMILES string of the molecule is [O]C(F)(F)C(F)(F)C(F)(F)C(F)(F)C(F)(F)C(F)(F)C(F)(F)C(F)(F)C(F)(F)C(F)=C(F)F. The standard InChI is InChI=1S/C11F21O/c12-1(2(13)14)3(15,16)4(17,18)5(19,20)6(21,22)7(23,24)8(25,26)9(27,28)10(29,30)11(31,32)33. The largest absolute Gasteiger partial charge is 0.452 e. The molecule has 0 saturated carbocycles. The van der Waals surface area contributed by atoms with Crippen molar-refractivity contribution in [1.29, 1.82) is 0 Å². The van der Waals surface area contributed by atoms with Crippen molar-refractivity contribution in [3.05, 3.63) is 11.9 Å². The third-order valence-corrected chi connectivity index (χ3v) is 3.57. The zero-order chi connectivity index (χ0) is 27.7. The topological polar surface area (TPSA) is 19.9 Å². The Morgan fingerprint density at radius 2 is 0.576 bits per heavy atom. The molecule has 0 aromatic rings. The van der Waals surface area contributed by atoms with Gasteiger partial charge in [0.25, 0.3) is 0 Å². The molecule has 0 aromatic heterocycles. The first-order chi connectivity index (χ1) is 13.9. The summed E-state index contributed by atoms with van der Waals surface area (Å²) in [5.74, 6) is -75.2. The van der Waals surface area contributed by atoms with E-state index in [1.165, 1.54) is 0 Å². The zero-order valence-corrected chi connectivity index (χ0v) is 13.8. The highest BCUT2D eigenvalue weighted by Gasteiger charge is 2.97. The lowest BCUT2D eigenvalue weighted by Crippen LogP contribution is -2.76. The van der Waals surface area contributed by atoms with E-state index in [1.807, 2.05) is 0 Å². The van der Waals surface area contributed by atoms with Gasteiger partial charge in [0.2, 0.25) is 5.83 Å². The third kappa shape index (κ3) is 3.74. The van der Waals surface area contributed by atoms with Crippen molar-refractivity contribution in [2.24, 2.45) is 0 Å². The Morgan fingerprint density at radius 1 is 0.364 bits per heavy atom. The van der Waals surface area contributed by atoms with E-state index in [0.717, 1.165) is 0 Å². The normalized spacial score (nSPS) is 16.2. The highest BCUT2D eigenvalue weighted by atomic mass is 19.4. The third-order valence-electron chi connectivity index (χ3n) is 3.57. The van der Waals surface area contributed by atoms with Crippen molar-refractivity contribution < 1.29 is 97.3 Å². The van der Waals surface area contributed by atoms with Crippen molar-refractivity contribution >= 4 is 0 Å². The van der Waals surface area contributed by atoms with Crippen LogP contribution in [0.5, 0.6) is 0 Å². The molecule has 1 nitrogen and oxygen atoms in total. The van der Waals surface area contributed by atoms with Crippen LogP contribution < -0.4 is 0 Å². The quantitative estimate of drug-likeness (QED) is 0.273. The summed E-state index contributed by atoms with van der Waals surface area (Å²) in [4.78, 5) is 0. The minimum absolute atomic E-state index is 4.69. The molecule has 1 radical (unpaired) electrons. The van der Waals surface area contributed by atoms with Crippen LogP contribution in [0.4, 0.5) is 92.2 Å². The van der Waals surface area contributed by atoms with Crippen LogP contribution in [0.3, 0.4) is 0 Å². The summed E-state index contributed by atoms with van der Waals surface area (Å²) in [5.41, 5.74) is 0. The molecule has 0 N–H and O–H groups in total. The van der Waals surface area contributed by atoms with Crippen LogP contribution in [-0.2, 0) is 5.11 Å². The molecule has 0 aliphatic heterocycles. The van der Waals surface area contributed by atoms with E-state index in [-0.39, 0.29) is 0 Å². The first kappa shape index (κ1) is 31.2. The molecule has 197 valence electrons. The molecular weight excluding hydrogens is 547 g/mol. The number of alkyl halides is 18. The smallest absolute Gasteiger partial charge is 0.199 e. The second-order valence-electron chi connectivity index (χ2n) is 5.69. The monoisotopic (exact) mass is 547 g/mol. The van der Waals surface area contributed by atoms with Gasteiger partial charge in [-0.3, -0.25) is 0 Å². The predicted molar refractivity (Wildman–Crippen MR) is 55.6 cm³/mol. The maximum Gasteiger partial charge on any atom is 0.452 e. The van der Waals surface area contributed by atoms with E-state index < -0.39 is 65.4 Å². The number of rotatable bonds is 9. The van der Waals surface area contributed by atoms with E-state index in [4.69, 9.17) is 0 Å². The van der Waals surface area contributed by atoms with Gasteiger partial charge in [0, 0.05) is 0 Å². The minimum atomic E-state index is -9.17. The fraction of sp³-hybridized carbons (Fsp3) is 0.818. The highest BCUT2D eigenvalue weighted by Crippen LogP contribution is 2.65. The lowest BCUT2D eigenvalue weighted by atomic mass is 9.87. The zero-order valence-electron chi connectivity index (χ0n) is 13.8. The lowest BCUT2D eigenvalue weighted by Gasteiger charge is -2.43. The summed E-state index contributed by atoms with van der Waals surface area (Å²) in [6.07, 6.45) is -12.5. The van der Waals surface area contributed by atoms with E-state index in [0.29, 0.717) is 0 Å². The molecule has 0 bridgehead atoms. The molecule has 0 unspecified atom stereocenters. The second-order valence-corrected chi connectivity index (χ2v) is 5.69. The number of allylic oxidation sites excluding steroid dienone is 1. The Morgan fingerprint density at radius 3 is 0.788 bits per heavy atom. The van der Waals surface area contributed by atoms with Crippen LogP contribution >= 0.6 is 0 Å². The first-order valence-corrected chi connectivity index (χ1v) is 6.67. The van der Waals surface area contributed by atoms with Crippen molar-refractivity contribution in [3.63, 3.8) is 0 Å². The summed E-state index contributed by atoms with van der Waals surface area (Å²) < 4.78 is 268. The Kier molecular flexibility index (Phi) is 7.21. The fourth-order valence-electron chi connectivity index (χ4n) is 1.62. The maximum absolute atomic E-state index is 13.2. The van der Waals surface area contributed by atoms with Gasteiger partial charge < -0.3 is 0 Å². The van der Waals surface area contributed by atoms with Crippen LogP contribution in [0, 0.1) is 0 Å². The average molecular weight is 547 g/mol. The van der Waals surface area contributed by atoms with E-state index in [2.05, 4.69) is 0 Å². The molecule has 0 aromatic carbocycles. The molecule has 0 fully saturated rings. The molecule has 33 heavy (non-hydrogen) atoms. The second kappa shape index (κ2) is 7.62. The van der Waals surface area contributed by atoms with Gasteiger partial charge in [-0.1, -0.05) is 0 Å². The van der Waals surface area contributed by atoms with Crippen molar-refractivity contribution in [3.8, 4) is 0 Å². The fourth-order valence-corrected chi connectivity index (χ4v) is 1.62. The molecular formula is C11F21O. The Bertz CT molecular complexity index is 766. The number of hydrogen-bond donors (Lipinski definition) is 0. The van der Waals surface area contributed by atoms with Crippen LogP contribution in [0.25, 0.3) is 0 Å². The Balaban J connectivity index is 7.06. The molecule has 0 heterocycles. The summed E-state index contributed by atoms with van der Waals surface area (Å²) in [6.45, 7) is 0. The van der Waals surface area contributed by atoms with Crippen molar-refractivity contribution in [2.45, 2.75) is 53.5 Å². The highest BCUT2D eigenvalue weighted by molar-refractivity contribution is 5.21. The Labute approximate surface area is 164 Å². The van der Waals surface area contributed by atoms with Gasteiger partial charge in [-0.25, -0.2) is 0 Å². The van der Waals surface area contributed by atoms with Crippen molar-refractivity contribution in [1.82, 2.24) is 0 Å². The minimum Gasteiger partial charge on any atom is -0.199 e. The van der Waals surface area contributed by atoms with Crippen LogP contribution in [0.1, 0.15) is 0 Å². The predicted octanol–water partition coefficient (Wildman–Crippen LogP) is 7.17. The van der Waals surface area contributed by atoms with Crippen LogP contribution in [0.15, 0.2) is 11.9 Å². The van der Waals surface area contributed by atoms with E-state index >= 15 is 0 Å². The van der Waals surface area contributed by atoms with Crippen LogP contribution in [0.2, 0.25) is 0 Å². The van der Waals surface area contributed by atoms with Gasteiger partial charge in [0.15, 0.2) is 0 Å². The van der Waals surface area contributed by atoms with Gasteiger partial charge in [-0.2, -0.15) is 97.3 Å². The molecule has 0 spiro atoms. The summed E-state index contributed by atoms with van der Waals surface area (Å²) >= 11 is 0. The van der Waals surface area contributed by atoms with Gasteiger partial charge in [0.05, 0.1) is 0 Å². The summed E-state index contributed by atoms with van der Waals surface area (Å²) in [6, 6.07) is 0. The average Bonchev–Trinajstić information content (AvgIpc) is 2.58. The molecule has 0 aliphatic rings. The molecule has 22 heteroatoms. The molecule has 0 atom stereocenters. The molecule has 0 saturated heterocycles. The number of halogens is 21. The number of hydrogen-bond acceptors (Lipinski definition) is 0. The van der Waals surface area contributed by atoms with Gasteiger partial charge >= 0.3 is 59.6 Å². The van der Waals surface area contributed by atoms with Crippen LogP contribution in [-0.4, -0.2) is 53.5 Å². The summed E-state index contributed by atoms with van der Waals surface area (Å²) in [5, 5.41) is 9.61. The van der Waals surface area contributed by atoms with Gasteiger partial charge in [-0.15, -0.1) is 0 Å². The maximum atomic E-state index is 13.2. The Hall–Kier alpha value is -1.77. The van der Waals surface area contributed by atoms with Crippen molar-refractivity contribution in [2.75, 3.05) is 0 Å². The van der Waals surface area contributed by atoms with E-state index in [1.54, 1.807) is 0 Å². The molecule has 0 rings (SSSR count). The molecule has 0 amide bonds. The van der Waals surface area contributed by atoms with E-state index in [9.17, 15) is 97.3 Å². The first-order valence-electron chi connectivity index (χ1n) is 6.67. The lowest BCUT2D eigenvalue weighted by molar-refractivity contribution is -0.479. The molecule has 0 aliphatic carbocycles. The van der Waals surface area contributed by atoms with Gasteiger partial charge in [-0.05, 0) is 0 Å². The van der Waals surface area contributed by atoms with Gasteiger partial charge in [0.1, 0.15) is 0 Å². The summed E-state index contributed by atoms with van der Waals surface area (Å²) in [7, 11) is 0.